The van der Waals surface area contributed by atoms with Crippen molar-refractivity contribution in [2.45, 2.75) is 75.5 Å². The molecule has 3 aromatic carbocycles. The maximum absolute atomic E-state index is 13.0. The zero-order chi connectivity index (χ0) is 34.0. The van der Waals surface area contributed by atoms with Gasteiger partial charge in [0.25, 0.3) is 0 Å². The Bertz CT molecular complexity index is 1480. The van der Waals surface area contributed by atoms with Gasteiger partial charge in [-0.1, -0.05) is 75.4 Å². The maximum atomic E-state index is 13.0. The summed E-state index contributed by atoms with van der Waals surface area (Å²) in [5.74, 6) is 1.05. The number of nitrogens with one attached hydrogen (secondary N) is 1. The van der Waals surface area contributed by atoms with Crippen molar-refractivity contribution in [1.29, 1.82) is 0 Å². The van der Waals surface area contributed by atoms with E-state index in [4.69, 9.17) is 23.4 Å². The molecule has 10 nitrogen and oxygen atoms in total. The number of imide groups is 1. The Morgan fingerprint density at radius 1 is 0.872 bits per heavy atom. The number of aliphatic hydroxyl groups is 1. The molecule has 2 aliphatic heterocycles. The molecule has 2 fully saturated rings. The molecule has 2 saturated heterocycles. The van der Waals surface area contributed by atoms with Crippen molar-refractivity contribution in [3.63, 3.8) is 0 Å². The van der Waals surface area contributed by atoms with Gasteiger partial charge in [0.05, 0.1) is 20.8 Å². The Kier molecular flexibility index (Phi) is 10.1. The van der Waals surface area contributed by atoms with Crippen molar-refractivity contribution in [2.24, 2.45) is 0 Å². The molecule has 3 amide bonds. The fourth-order valence-electron chi connectivity index (χ4n) is 5.85. The number of benzene rings is 3. The molecule has 5 rings (SSSR count). The van der Waals surface area contributed by atoms with E-state index in [1.165, 1.54) is 4.90 Å². The minimum atomic E-state index is -2.45. The Hall–Kier alpha value is -3.74. The number of methoxy groups -OCH3 is 2. The minimum Gasteiger partial charge on any atom is -0.497 e. The highest BCUT2D eigenvalue weighted by molar-refractivity contribution is 6.74. The lowest BCUT2D eigenvalue weighted by atomic mass is 9.80. The molecule has 47 heavy (non-hydrogen) atoms. The summed E-state index contributed by atoms with van der Waals surface area (Å²) in [6, 6.07) is 24.7. The number of hydrogen-bond donors (Lipinski definition) is 2. The van der Waals surface area contributed by atoms with E-state index in [9.17, 15) is 14.7 Å². The first kappa shape index (κ1) is 34.6. The van der Waals surface area contributed by atoms with Crippen LogP contribution in [0.15, 0.2) is 78.9 Å². The summed E-state index contributed by atoms with van der Waals surface area (Å²) in [7, 11) is 0.793. The summed E-state index contributed by atoms with van der Waals surface area (Å²) in [5, 5.41) is 14.1. The monoisotopic (exact) mass is 662 g/mol. The maximum Gasteiger partial charge on any atom is 0.326 e. The van der Waals surface area contributed by atoms with E-state index in [0.29, 0.717) is 11.5 Å². The van der Waals surface area contributed by atoms with E-state index in [0.717, 1.165) is 16.7 Å². The second-order valence-corrected chi connectivity index (χ2v) is 18.3. The van der Waals surface area contributed by atoms with E-state index in [1.807, 2.05) is 78.9 Å². The fourth-order valence-corrected chi connectivity index (χ4v) is 7.14. The molecule has 2 N–H and O–H groups in total. The first-order valence-corrected chi connectivity index (χ1v) is 18.8. The third-order valence-electron chi connectivity index (χ3n) is 9.58. The van der Waals surface area contributed by atoms with Crippen LogP contribution in [-0.2, 0) is 24.3 Å². The topological polar surface area (TPSA) is 116 Å². The van der Waals surface area contributed by atoms with Crippen molar-refractivity contribution in [1.82, 2.24) is 10.2 Å². The molecule has 0 unspecified atom stereocenters. The van der Waals surface area contributed by atoms with Crippen LogP contribution in [0, 0.1) is 0 Å². The van der Waals surface area contributed by atoms with Gasteiger partial charge >= 0.3 is 6.03 Å². The summed E-state index contributed by atoms with van der Waals surface area (Å²) >= 11 is 0. The van der Waals surface area contributed by atoms with Crippen LogP contribution in [-0.4, -0.2) is 82.2 Å². The first-order valence-electron chi connectivity index (χ1n) is 15.9. The summed E-state index contributed by atoms with van der Waals surface area (Å²) in [6.07, 6.45) is -3.63. The third kappa shape index (κ3) is 6.95. The van der Waals surface area contributed by atoms with E-state index in [1.54, 1.807) is 14.2 Å². The highest BCUT2D eigenvalue weighted by Gasteiger charge is 2.53. The van der Waals surface area contributed by atoms with Crippen LogP contribution in [0.25, 0.3) is 0 Å². The van der Waals surface area contributed by atoms with E-state index >= 15 is 0 Å². The number of aliphatic hydroxyl groups excluding tert-OH is 1. The quantitative estimate of drug-likeness (QED) is 0.206. The lowest BCUT2D eigenvalue weighted by Crippen LogP contribution is -2.59. The van der Waals surface area contributed by atoms with Gasteiger partial charge in [-0.15, -0.1) is 0 Å². The highest BCUT2D eigenvalue weighted by atomic mass is 28.4. The average Bonchev–Trinajstić information content (AvgIpc) is 3.35. The largest absolute Gasteiger partial charge is 0.497 e. The molecule has 4 atom stereocenters. The predicted octanol–water partition coefficient (Wildman–Crippen LogP) is 5.43. The smallest absolute Gasteiger partial charge is 0.326 e. The standard InChI is InChI=1S/C36H46N2O8Si/c1-35(2,3)47(6,7)46-32-31(40)29(45-33(32)38-22-21-30(39)37-34(38)41)23-44-36(24-11-9-8-10-12-24,25-13-17-27(42-4)18-14-25)26-15-19-28(43-5)20-16-26/h8-20,29,31-33,40H,21-23H2,1-7H3,(H,37,39,41)/t29-,31-,32-,33-/m1/s1. The molecule has 252 valence electrons. The number of urea groups is 1. The number of rotatable bonds is 11. The highest BCUT2D eigenvalue weighted by Crippen LogP contribution is 2.44. The van der Waals surface area contributed by atoms with Crippen LogP contribution in [0.1, 0.15) is 43.9 Å². The lowest BCUT2D eigenvalue weighted by molar-refractivity contribution is -0.127. The molecular weight excluding hydrogens is 616 g/mol. The number of hydrogen-bond acceptors (Lipinski definition) is 8. The van der Waals surface area contributed by atoms with Gasteiger partial charge in [-0.05, 0) is 59.1 Å². The fraction of sp³-hybridized carbons (Fsp3) is 0.444. The number of amides is 3. The van der Waals surface area contributed by atoms with Crippen molar-refractivity contribution < 1.29 is 38.1 Å². The summed E-state index contributed by atoms with van der Waals surface area (Å²) in [4.78, 5) is 26.5. The summed E-state index contributed by atoms with van der Waals surface area (Å²) in [6.45, 7) is 10.6. The van der Waals surface area contributed by atoms with Crippen molar-refractivity contribution in [3.05, 3.63) is 95.6 Å². The van der Waals surface area contributed by atoms with Gasteiger partial charge in [0, 0.05) is 13.0 Å². The second kappa shape index (κ2) is 13.8. The predicted molar refractivity (Wildman–Crippen MR) is 180 cm³/mol. The van der Waals surface area contributed by atoms with Gasteiger partial charge in [-0.25, -0.2) is 4.79 Å². The van der Waals surface area contributed by atoms with Crippen LogP contribution in [0.2, 0.25) is 18.1 Å². The molecule has 0 aromatic heterocycles. The van der Waals surface area contributed by atoms with Crippen LogP contribution >= 0.6 is 0 Å². The molecule has 0 radical (unpaired) electrons. The van der Waals surface area contributed by atoms with Crippen LogP contribution in [0.4, 0.5) is 4.79 Å². The lowest BCUT2D eigenvalue weighted by Gasteiger charge is -2.42. The van der Waals surface area contributed by atoms with Crippen molar-refractivity contribution >= 4 is 20.3 Å². The van der Waals surface area contributed by atoms with Gasteiger partial charge in [0.1, 0.15) is 35.4 Å². The number of ether oxygens (including phenoxy) is 4. The van der Waals surface area contributed by atoms with Crippen LogP contribution < -0.4 is 14.8 Å². The van der Waals surface area contributed by atoms with Crippen molar-refractivity contribution in [3.8, 4) is 11.5 Å². The summed E-state index contributed by atoms with van der Waals surface area (Å²) < 4.78 is 31.2. The molecule has 2 aliphatic rings. The summed E-state index contributed by atoms with van der Waals surface area (Å²) in [5.41, 5.74) is 1.40. The van der Waals surface area contributed by atoms with Gasteiger partial charge < -0.3 is 28.5 Å². The first-order chi connectivity index (χ1) is 22.3. The van der Waals surface area contributed by atoms with E-state index in [-0.39, 0.29) is 30.5 Å². The Morgan fingerprint density at radius 2 is 1.40 bits per heavy atom. The van der Waals surface area contributed by atoms with E-state index < -0.39 is 44.5 Å². The van der Waals surface area contributed by atoms with Crippen molar-refractivity contribution in [2.75, 3.05) is 27.4 Å². The molecule has 0 saturated carbocycles. The molecule has 11 heteroatoms. The average molecular weight is 663 g/mol. The van der Waals surface area contributed by atoms with Gasteiger partial charge in [0.2, 0.25) is 5.91 Å². The zero-order valence-corrected chi connectivity index (χ0v) is 29.2. The molecular formula is C36H46N2O8Si. The zero-order valence-electron chi connectivity index (χ0n) is 28.2. The minimum absolute atomic E-state index is 0.0453. The number of nitrogens with zero attached hydrogens (tertiary/aromatic N) is 1. The Morgan fingerprint density at radius 3 is 1.89 bits per heavy atom. The van der Waals surface area contributed by atoms with E-state index in [2.05, 4.69) is 39.2 Å². The third-order valence-corrected chi connectivity index (χ3v) is 14.1. The Labute approximate surface area is 278 Å². The second-order valence-electron chi connectivity index (χ2n) is 13.5. The number of carbonyl (C=O) groups excluding carboxylic acids is 2. The van der Waals surface area contributed by atoms with Gasteiger partial charge in [-0.2, -0.15) is 0 Å². The normalized spacial score (nSPS) is 22.3. The van der Waals surface area contributed by atoms with Gasteiger partial charge in [-0.3, -0.25) is 15.0 Å². The SMILES string of the molecule is COc1ccc(C(OC[C@H]2O[C@@H](N3CCC(=O)NC3=O)[C@H](O[Si](C)(C)C(C)(C)C)[C@@H]2O)(c2ccccc2)c2ccc(OC)cc2)cc1. The molecule has 0 aliphatic carbocycles. The molecule has 0 bridgehead atoms. The molecule has 2 heterocycles. The van der Waals surface area contributed by atoms with Crippen LogP contribution in [0.3, 0.4) is 0 Å². The van der Waals surface area contributed by atoms with Gasteiger partial charge in [0.15, 0.2) is 14.5 Å². The molecule has 3 aromatic rings. The Balaban J connectivity index is 1.55. The number of carbonyl (C=O) groups is 2. The van der Waals surface area contributed by atoms with Crippen LogP contribution in [0.5, 0.6) is 11.5 Å². The molecule has 0 spiro atoms.